The Morgan fingerprint density at radius 3 is 3.09 bits per heavy atom. The fourth-order valence-electron chi connectivity index (χ4n) is 2.89. The van der Waals surface area contributed by atoms with Crippen LogP contribution in [0, 0.1) is 0 Å². The first-order valence-electron chi connectivity index (χ1n) is 7.38. The summed E-state index contributed by atoms with van der Waals surface area (Å²) in [4.78, 5) is 9.90. The van der Waals surface area contributed by atoms with Crippen molar-refractivity contribution in [2.45, 2.75) is 32.2 Å². The van der Waals surface area contributed by atoms with E-state index in [1.165, 1.54) is 12.0 Å². The Balaban J connectivity index is 1.52. The predicted octanol–water partition coefficient (Wildman–Crippen LogP) is 3.33. The lowest BCUT2D eigenvalue weighted by Crippen LogP contribution is -2.37. The van der Waals surface area contributed by atoms with Crippen molar-refractivity contribution in [3.63, 3.8) is 0 Å². The molecule has 7 heteroatoms. The Bertz CT molecular complexity index is 849. The van der Waals surface area contributed by atoms with Crippen LogP contribution in [-0.2, 0) is 6.42 Å². The van der Waals surface area contributed by atoms with E-state index < -0.39 is 0 Å². The molecule has 5 nitrogen and oxygen atoms in total. The van der Waals surface area contributed by atoms with Crippen molar-refractivity contribution in [1.82, 2.24) is 15.3 Å². The van der Waals surface area contributed by atoms with Gasteiger partial charge >= 0.3 is 5.88 Å². The van der Waals surface area contributed by atoms with E-state index >= 15 is 0 Å². The number of nitrogens with zero attached hydrogens (tertiary/aromatic N) is 3. The van der Waals surface area contributed by atoms with Crippen molar-refractivity contribution in [2.75, 3.05) is 0 Å². The molecule has 1 aliphatic rings. The monoisotopic (exact) mass is 345 g/mol. The number of hydrogen-bond acceptors (Lipinski definition) is 6. The number of aromatic nitrogens is 3. The van der Waals surface area contributed by atoms with Gasteiger partial charge in [-0.05, 0) is 26.5 Å². The van der Waals surface area contributed by atoms with E-state index in [4.69, 9.17) is 9.40 Å². The van der Waals surface area contributed by atoms with E-state index in [1.807, 2.05) is 16.3 Å². The molecule has 0 bridgehead atoms. The molecule has 1 aliphatic heterocycles. The lowest BCUT2D eigenvalue weighted by molar-refractivity contribution is -0.603. The van der Waals surface area contributed by atoms with Crippen LogP contribution >= 0.6 is 22.7 Å². The van der Waals surface area contributed by atoms with Crippen LogP contribution in [0.4, 0.5) is 0 Å². The van der Waals surface area contributed by atoms with Crippen molar-refractivity contribution < 1.29 is 8.98 Å². The highest BCUT2D eigenvalue weighted by Gasteiger charge is 2.29. The van der Waals surface area contributed by atoms with E-state index in [-0.39, 0.29) is 5.54 Å². The summed E-state index contributed by atoms with van der Waals surface area (Å²) in [5.74, 6) is 0.716. The van der Waals surface area contributed by atoms with Crippen LogP contribution in [-0.4, -0.2) is 15.5 Å². The van der Waals surface area contributed by atoms with Gasteiger partial charge in [0.05, 0.1) is 5.69 Å². The van der Waals surface area contributed by atoms with E-state index in [2.05, 4.69) is 35.7 Å². The Hall–Kier alpha value is -1.99. The quantitative estimate of drug-likeness (QED) is 0.737. The Labute approximate surface area is 142 Å². The van der Waals surface area contributed by atoms with E-state index in [0.717, 1.165) is 28.4 Å². The average molecular weight is 345 g/mol. The largest absolute Gasteiger partial charge is 0.399 e. The molecule has 1 atom stereocenters. The van der Waals surface area contributed by atoms with Crippen LogP contribution in [0.3, 0.4) is 0 Å². The van der Waals surface area contributed by atoms with Crippen molar-refractivity contribution in [2.24, 2.45) is 0 Å². The van der Waals surface area contributed by atoms with E-state index in [9.17, 15) is 0 Å². The summed E-state index contributed by atoms with van der Waals surface area (Å²) in [5.41, 5.74) is 4.63. The van der Waals surface area contributed by atoms with Crippen LogP contribution in [0.5, 0.6) is 0 Å². The molecule has 0 spiro atoms. The predicted molar refractivity (Wildman–Crippen MR) is 90.6 cm³/mol. The molecular weight excluding hydrogens is 328 g/mol. The van der Waals surface area contributed by atoms with Gasteiger partial charge in [0.25, 0.3) is 0 Å². The molecule has 0 saturated carbocycles. The molecule has 23 heavy (non-hydrogen) atoms. The maximum absolute atomic E-state index is 5.31. The topological polar surface area (TPSA) is 54.8 Å². The first-order valence-corrected chi connectivity index (χ1v) is 9.14. The first-order chi connectivity index (χ1) is 11.1. The third-order valence-electron chi connectivity index (χ3n) is 3.89. The van der Waals surface area contributed by atoms with Gasteiger partial charge in [-0.1, -0.05) is 16.9 Å². The fraction of sp³-hybridized carbons (Fsp3) is 0.312. The van der Waals surface area contributed by atoms with Crippen molar-refractivity contribution in [1.29, 1.82) is 0 Å². The SMILES string of the molecule is CC1=CNC(C)(Cc2csc(-c3c[n+](-c4cnco4)cs3)n2)C1. The van der Waals surface area contributed by atoms with Gasteiger partial charge in [-0.15, -0.1) is 15.9 Å². The zero-order valence-corrected chi connectivity index (χ0v) is 14.6. The molecule has 1 N–H and O–H groups in total. The zero-order valence-electron chi connectivity index (χ0n) is 12.9. The number of rotatable bonds is 4. The van der Waals surface area contributed by atoms with Crippen LogP contribution in [0.2, 0.25) is 0 Å². The van der Waals surface area contributed by atoms with Crippen molar-refractivity contribution in [3.05, 3.63) is 47.1 Å². The van der Waals surface area contributed by atoms with Gasteiger partial charge in [-0.25, -0.2) is 9.97 Å². The minimum absolute atomic E-state index is 0.0879. The van der Waals surface area contributed by atoms with Crippen LogP contribution in [0.1, 0.15) is 26.0 Å². The number of thiazole rings is 2. The molecule has 4 rings (SSSR count). The van der Waals surface area contributed by atoms with Gasteiger partial charge in [-0.3, -0.25) is 0 Å². The molecule has 0 radical (unpaired) electrons. The molecule has 3 aromatic rings. The lowest BCUT2D eigenvalue weighted by Gasteiger charge is -2.24. The molecular formula is C16H17N4OS2+. The average Bonchev–Trinajstić information content (AvgIpc) is 3.25. The molecule has 118 valence electrons. The third-order valence-corrected chi connectivity index (χ3v) is 5.83. The summed E-state index contributed by atoms with van der Waals surface area (Å²) >= 11 is 3.34. The molecule has 3 aromatic heterocycles. The Morgan fingerprint density at radius 1 is 1.43 bits per heavy atom. The maximum atomic E-state index is 5.31. The van der Waals surface area contributed by atoms with Gasteiger partial charge in [0.1, 0.15) is 16.1 Å². The second kappa shape index (κ2) is 5.58. The number of hydrogen-bond donors (Lipinski definition) is 1. The summed E-state index contributed by atoms with van der Waals surface area (Å²) in [6.45, 7) is 4.42. The van der Waals surface area contributed by atoms with Crippen molar-refractivity contribution >= 4 is 22.7 Å². The standard InChI is InChI=1S/C16H17N4OS2/c1-11-3-16(2,18-5-11)4-12-8-22-15(19-12)13-7-20(10-23-13)14-6-17-9-21-14/h5-10,18H,3-4H2,1-2H3/q+1. The minimum Gasteiger partial charge on any atom is -0.392 e. The molecule has 0 fully saturated rings. The van der Waals surface area contributed by atoms with E-state index in [0.29, 0.717) is 5.88 Å². The fourth-order valence-corrected chi connectivity index (χ4v) is 4.61. The highest BCUT2D eigenvalue weighted by Crippen LogP contribution is 2.30. The summed E-state index contributed by atoms with van der Waals surface area (Å²) in [7, 11) is 0. The normalized spacial score (nSPS) is 20.5. The summed E-state index contributed by atoms with van der Waals surface area (Å²) in [6, 6.07) is 0. The minimum atomic E-state index is 0.0879. The molecule has 1 unspecified atom stereocenters. The van der Waals surface area contributed by atoms with Gasteiger partial charge in [-0.2, -0.15) is 0 Å². The second-order valence-electron chi connectivity index (χ2n) is 6.16. The smallest absolute Gasteiger partial charge is 0.392 e. The van der Waals surface area contributed by atoms with Gasteiger partial charge < -0.3 is 9.73 Å². The van der Waals surface area contributed by atoms with Crippen molar-refractivity contribution in [3.8, 4) is 15.8 Å². The van der Waals surface area contributed by atoms with E-state index in [1.54, 1.807) is 28.9 Å². The summed E-state index contributed by atoms with van der Waals surface area (Å²) in [6.07, 6.45) is 9.30. The number of nitrogens with one attached hydrogen (secondary N) is 1. The first kappa shape index (κ1) is 14.6. The van der Waals surface area contributed by atoms with Gasteiger partial charge in [0.15, 0.2) is 12.6 Å². The van der Waals surface area contributed by atoms with Gasteiger partial charge in [0.2, 0.25) is 5.51 Å². The summed E-state index contributed by atoms with van der Waals surface area (Å²) < 4.78 is 7.25. The van der Waals surface area contributed by atoms with Crippen LogP contribution in [0.15, 0.2) is 45.9 Å². The Morgan fingerprint density at radius 2 is 2.35 bits per heavy atom. The lowest BCUT2D eigenvalue weighted by atomic mass is 9.92. The molecule has 0 saturated heterocycles. The third kappa shape index (κ3) is 2.94. The molecule has 0 amide bonds. The molecule has 4 heterocycles. The number of oxazole rings is 1. The molecule has 0 aliphatic carbocycles. The Kier molecular flexibility index (Phi) is 3.54. The van der Waals surface area contributed by atoms with Gasteiger partial charge in [0, 0.05) is 17.3 Å². The summed E-state index contributed by atoms with van der Waals surface area (Å²) in [5, 5.41) is 6.70. The zero-order chi connectivity index (χ0) is 15.9. The van der Waals surface area contributed by atoms with Crippen LogP contribution < -0.4 is 9.88 Å². The second-order valence-corrected chi connectivity index (χ2v) is 7.90. The highest BCUT2D eigenvalue weighted by atomic mass is 32.1. The van der Waals surface area contributed by atoms with Crippen LogP contribution in [0.25, 0.3) is 15.8 Å². The molecule has 0 aromatic carbocycles. The highest BCUT2D eigenvalue weighted by molar-refractivity contribution is 7.19. The maximum Gasteiger partial charge on any atom is 0.399 e.